The van der Waals surface area contributed by atoms with Crippen molar-refractivity contribution in [2.75, 3.05) is 32.2 Å². The predicted molar refractivity (Wildman–Crippen MR) is 180 cm³/mol. The van der Waals surface area contributed by atoms with E-state index in [0.29, 0.717) is 0 Å². The van der Waals surface area contributed by atoms with Crippen LogP contribution in [0.15, 0.2) is 0 Å². The molecular weight excluding hydrogens is 683 g/mol. The summed E-state index contributed by atoms with van der Waals surface area (Å²) in [6, 6.07) is -0.991. The molecule has 274 valence electrons. The zero-order valence-corrected chi connectivity index (χ0v) is 30.3. The molecule has 0 aromatic carbocycles. The second-order valence-electron chi connectivity index (χ2n) is 11.5. The maximum Gasteiger partial charge on any atom is 0.249 e. The van der Waals surface area contributed by atoms with Crippen LogP contribution in [0.3, 0.4) is 0 Å². The molecule has 0 radical (unpaired) electrons. The molecule has 2 fully saturated rings. The van der Waals surface area contributed by atoms with E-state index < -0.39 is 64.5 Å². The molecule has 49 heavy (non-hydrogen) atoms. The van der Waals surface area contributed by atoms with E-state index in [-0.39, 0.29) is 81.9 Å². The summed E-state index contributed by atoms with van der Waals surface area (Å²) in [5, 5.41) is 12.0. The van der Waals surface area contributed by atoms with Crippen LogP contribution in [0.2, 0.25) is 0 Å². The molecule has 0 aliphatic carbocycles. The maximum atomic E-state index is 12.9. The maximum absolute atomic E-state index is 12.9. The van der Waals surface area contributed by atoms with Gasteiger partial charge in [0.15, 0.2) is 0 Å². The summed E-state index contributed by atoms with van der Waals surface area (Å²) in [4.78, 5) is 114. The molecule has 2 aliphatic rings. The third-order valence-electron chi connectivity index (χ3n) is 7.60. The second kappa shape index (κ2) is 20.1. The van der Waals surface area contributed by atoms with Gasteiger partial charge in [-0.15, -0.1) is 0 Å². The van der Waals surface area contributed by atoms with E-state index in [1.165, 1.54) is 44.3 Å². The van der Waals surface area contributed by atoms with Gasteiger partial charge in [-0.25, -0.2) is 0 Å². The van der Waals surface area contributed by atoms with E-state index in [1.807, 2.05) is 0 Å². The van der Waals surface area contributed by atoms with Crippen molar-refractivity contribution in [3.05, 3.63) is 0 Å². The SMILES string of the molecule is CCOC(C)C(=O)NC(CC(=O)NC(C)NC(=O)CCN1C(=O)CC(SC)C1=O)CC(=O)NC(C)NC(=O)CCN1C(=O)CC(SC)C1=O. The van der Waals surface area contributed by atoms with Crippen LogP contribution in [-0.4, -0.2) is 130 Å². The molecular formula is C30H47N7O10S2. The molecule has 5 N–H and O–H groups in total. The van der Waals surface area contributed by atoms with E-state index >= 15 is 0 Å². The monoisotopic (exact) mass is 729 g/mol. The Morgan fingerprint density at radius 1 is 0.694 bits per heavy atom. The van der Waals surface area contributed by atoms with Crippen LogP contribution >= 0.6 is 23.5 Å². The van der Waals surface area contributed by atoms with Crippen molar-refractivity contribution in [2.24, 2.45) is 0 Å². The lowest BCUT2D eigenvalue weighted by atomic mass is 10.1. The Hall–Kier alpha value is -3.71. The van der Waals surface area contributed by atoms with Crippen LogP contribution in [0.4, 0.5) is 0 Å². The molecule has 5 unspecified atom stereocenters. The van der Waals surface area contributed by atoms with Gasteiger partial charge >= 0.3 is 0 Å². The third-order valence-corrected chi connectivity index (χ3v) is 9.48. The molecule has 0 aromatic rings. The van der Waals surface area contributed by atoms with Crippen molar-refractivity contribution in [1.82, 2.24) is 36.4 Å². The Morgan fingerprint density at radius 2 is 1.08 bits per heavy atom. The molecule has 19 heteroatoms. The van der Waals surface area contributed by atoms with Gasteiger partial charge in [-0.1, -0.05) is 0 Å². The van der Waals surface area contributed by atoms with Crippen molar-refractivity contribution >= 4 is 76.7 Å². The fourth-order valence-corrected chi connectivity index (χ4v) is 6.41. The first-order chi connectivity index (χ1) is 23.1. The molecule has 2 aliphatic heterocycles. The number of ether oxygens (including phenoxy) is 1. The number of thioether (sulfide) groups is 2. The van der Waals surface area contributed by atoms with E-state index in [9.17, 15) is 43.2 Å². The molecule has 2 heterocycles. The summed E-state index contributed by atoms with van der Waals surface area (Å²) >= 11 is 2.54. The standard InChI is InChI=1S/C30H47N7O10S2/c1-7-47-16(2)28(44)35-19(12-24(40)33-17(3)31-22(38)8-10-36-26(42)14-20(48-5)29(36)45)13-25(41)34-18(4)32-23(39)9-11-37-27(43)15-21(49-6)30(37)46/h16-21H,7-15H2,1-6H3,(H,31,38)(H,32,39)(H,33,40)(H,34,41)(H,35,44). The number of carbonyl (C=O) groups is 9. The molecule has 0 saturated carbocycles. The van der Waals surface area contributed by atoms with Crippen LogP contribution in [0.25, 0.3) is 0 Å². The summed E-state index contributed by atoms with van der Waals surface area (Å²) in [6.45, 7) is 6.31. The normalized spacial score (nSPS) is 20.0. The zero-order valence-electron chi connectivity index (χ0n) is 28.6. The quantitative estimate of drug-likeness (QED) is 0.0720. The smallest absolute Gasteiger partial charge is 0.249 e. The first kappa shape index (κ1) is 41.5. The fraction of sp³-hybridized carbons (Fsp3) is 0.700. The minimum atomic E-state index is -0.991. The molecule has 0 spiro atoms. The van der Waals surface area contributed by atoms with Crippen molar-refractivity contribution in [3.8, 4) is 0 Å². The van der Waals surface area contributed by atoms with Crippen LogP contribution < -0.4 is 26.6 Å². The molecule has 5 atom stereocenters. The van der Waals surface area contributed by atoms with Gasteiger partial charge in [0.1, 0.15) is 6.10 Å². The number of rotatable bonds is 20. The number of hydrogen-bond acceptors (Lipinski definition) is 12. The molecule has 0 bridgehead atoms. The third kappa shape index (κ3) is 13.3. The van der Waals surface area contributed by atoms with Crippen LogP contribution in [0.1, 0.15) is 66.2 Å². The van der Waals surface area contributed by atoms with Crippen molar-refractivity contribution in [3.63, 3.8) is 0 Å². The van der Waals surface area contributed by atoms with Gasteiger partial charge in [0.2, 0.25) is 53.2 Å². The summed E-state index contributed by atoms with van der Waals surface area (Å²) in [5.74, 6) is -4.12. The Kier molecular flexibility index (Phi) is 17.0. The highest BCUT2D eigenvalue weighted by Gasteiger charge is 2.39. The second-order valence-corrected chi connectivity index (χ2v) is 13.6. The molecule has 17 nitrogen and oxygen atoms in total. The Labute approximate surface area is 293 Å². The Balaban J connectivity index is 1.88. The summed E-state index contributed by atoms with van der Waals surface area (Å²) in [7, 11) is 0. The minimum absolute atomic E-state index is 0.0856. The average Bonchev–Trinajstić information content (AvgIpc) is 3.45. The lowest BCUT2D eigenvalue weighted by Gasteiger charge is -2.23. The number of amides is 9. The predicted octanol–water partition coefficient (Wildman–Crippen LogP) is -1.41. The zero-order chi connectivity index (χ0) is 36.8. The molecule has 0 aromatic heterocycles. The van der Waals surface area contributed by atoms with E-state index in [1.54, 1.807) is 19.4 Å². The van der Waals surface area contributed by atoms with E-state index in [2.05, 4.69) is 26.6 Å². The van der Waals surface area contributed by atoms with Crippen molar-refractivity contribution in [1.29, 1.82) is 0 Å². The first-order valence-electron chi connectivity index (χ1n) is 15.9. The van der Waals surface area contributed by atoms with Gasteiger partial charge in [0.05, 0.1) is 22.8 Å². The number of nitrogens with zero attached hydrogens (tertiary/aromatic N) is 2. The van der Waals surface area contributed by atoms with Gasteiger partial charge in [0.25, 0.3) is 0 Å². The summed E-state index contributed by atoms with van der Waals surface area (Å²) in [6.07, 6.45) is 0.0490. The van der Waals surface area contributed by atoms with Crippen LogP contribution in [0.5, 0.6) is 0 Å². The van der Waals surface area contributed by atoms with Gasteiger partial charge in [-0.05, 0) is 40.2 Å². The van der Waals surface area contributed by atoms with Crippen molar-refractivity contribution in [2.45, 2.75) is 101 Å². The van der Waals surface area contributed by atoms with Crippen LogP contribution in [-0.2, 0) is 47.9 Å². The number of hydrogen-bond donors (Lipinski definition) is 5. The highest BCUT2D eigenvalue weighted by Crippen LogP contribution is 2.24. The molecule has 2 rings (SSSR count). The largest absolute Gasteiger partial charge is 0.369 e. The topological polar surface area (TPSA) is 229 Å². The number of carbonyl (C=O) groups excluding carboxylic acids is 9. The highest BCUT2D eigenvalue weighted by molar-refractivity contribution is 8.00. The van der Waals surface area contributed by atoms with Crippen LogP contribution in [0, 0.1) is 0 Å². The molecule has 2 saturated heterocycles. The lowest BCUT2D eigenvalue weighted by Crippen LogP contribution is -2.51. The van der Waals surface area contributed by atoms with Gasteiger partial charge in [-0.2, -0.15) is 23.5 Å². The number of imide groups is 2. The number of nitrogens with one attached hydrogen (secondary N) is 5. The van der Waals surface area contributed by atoms with Gasteiger partial charge in [-0.3, -0.25) is 53.0 Å². The summed E-state index contributed by atoms with van der Waals surface area (Å²) < 4.78 is 5.30. The highest BCUT2D eigenvalue weighted by atomic mass is 32.2. The molecule has 9 amide bonds. The average molecular weight is 730 g/mol. The minimum Gasteiger partial charge on any atom is -0.369 e. The van der Waals surface area contributed by atoms with E-state index in [0.717, 1.165) is 9.80 Å². The van der Waals surface area contributed by atoms with E-state index in [4.69, 9.17) is 4.74 Å². The van der Waals surface area contributed by atoms with Gasteiger partial charge < -0.3 is 31.3 Å². The van der Waals surface area contributed by atoms with Gasteiger partial charge in [0, 0.05) is 64.3 Å². The number of likely N-dealkylation sites (tertiary alicyclic amines) is 2. The first-order valence-corrected chi connectivity index (χ1v) is 18.5. The lowest BCUT2D eigenvalue weighted by molar-refractivity contribution is -0.140. The fourth-order valence-electron chi connectivity index (χ4n) is 5.14. The Morgan fingerprint density at radius 3 is 1.43 bits per heavy atom. The summed E-state index contributed by atoms with van der Waals surface area (Å²) in [5.41, 5.74) is 0. The Bertz CT molecular complexity index is 1200. The van der Waals surface area contributed by atoms with Crippen molar-refractivity contribution < 1.29 is 47.9 Å².